The van der Waals surface area contributed by atoms with Crippen LogP contribution in [0.2, 0.25) is 10.0 Å². The normalized spacial score (nSPS) is 10.5. The fourth-order valence-corrected chi connectivity index (χ4v) is 3.22. The van der Waals surface area contributed by atoms with Crippen LogP contribution in [0.5, 0.6) is 0 Å². The zero-order valence-electron chi connectivity index (χ0n) is 16.4. The predicted molar refractivity (Wildman–Crippen MR) is 122 cm³/mol. The molecule has 0 aliphatic heterocycles. The number of amides is 1. The third-order valence-electron chi connectivity index (χ3n) is 4.39. The van der Waals surface area contributed by atoms with Crippen molar-refractivity contribution in [2.24, 2.45) is 0 Å². The molecule has 0 saturated carbocycles. The van der Waals surface area contributed by atoms with E-state index in [1.54, 1.807) is 6.07 Å². The summed E-state index contributed by atoms with van der Waals surface area (Å²) < 4.78 is 0. The van der Waals surface area contributed by atoms with E-state index in [0.717, 1.165) is 24.9 Å². The number of nitrogen functional groups attached to an aromatic ring is 1. The second-order valence-corrected chi connectivity index (χ2v) is 7.46. The minimum atomic E-state index is -0.452. The molecule has 1 aromatic heterocycles. The largest absolute Gasteiger partial charge is 0.393 e. The van der Waals surface area contributed by atoms with E-state index in [9.17, 15) is 4.79 Å². The fourth-order valence-electron chi connectivity index (χ4n) is 2.72. The molecular weight excluding hydrogens is 423 g/mol. The van der Waals surface area contributed by atoms with E-state index in [4.69, 9.17) is 28.9 Å². The van der Waals surface area contributed by atoms with Crippen LogP contribution >= 0.6 is 23.2 Å². The highest BCUT2D eigenvalue weighted by molar-refractivity contribution is 6.36. The van der Waals surface area contributed by atoms with E-state index in [2.05, 4.69) is 45.2 Å². The van der Waals surface area contributed by atoms with Gasteiger partial charge in [-0.15, -0.1) is 0 Å². The summed E-state index contributed by atoms with van der Waals surface area (Å²) in [7, 11) is 0. The van der Waals surface area contributed by atoms with E-state index in [-0.39, 0.29) is 22.1 Å². The minimum Gasteiger partial charge on any atom is -0.393 e. The van der Waals surface area contributed by atoms with E-state index in [1.165, 1.54) is 24.0 Å². The molecule has 3 rings (SSSR count). The third-order valence-corrected chi connectivity index (χ3v) is 4.94. The molecule has 0 aliphatic carbocycles. The maximum atomic E-state index is 12.3. The Bertz CT molecular complexity index is 1030. The Morgan fingerprint density at radius 3 is 2.50 bits per heavy atom. The second kappa shape index (κ2) is 10.1. The molecule has 0 unspecified atom stereocenters. The Morgan fingerprint density at radius 2 is 1.80 bits per heavy atom. The number of carbonyl (C=O) groups excluding carboxylic acids is 1. The lowest BCUT2D eigenvalue weighted by atomic mass is 10.1. The van der Waals surface area contributed by atoms with Crippen molar-refractivity contribution in [3.63, 3.8) is 0 Å². The Balaban J connectivity index is 1.66. The van der Waals surface area contributed by atoms with Crippen LogP contribution < -0.4 is 21.9 Å². The van der Waals surface area contributed by atoms with Gasteiger partial charge in [-0.05, 0) is 48.7 Å². The standard InChI is InChI=1S/C21H22Cl2N6O/c1-2-3-4-13-5-8-15(9-6-13)27-19-18(24)20(26-12-25-19)28-29-21(30)16-10-7-14(22)11-17(16)23/h5-12H,2-4,24H2,1H3,(H,29,30)(H2,25,26,27,28). The van der Waals surface area contributed by atoms with Crippen LogP contribution in [0.25, 0.3) is 0 Å². The molecule has 2 aromatic carbocycles. The summed E-state index contributed by atoms with van der Waals surface area (Å²) >= 11 is 11.9. The topological polar surface area (TPSA) is 105 Å². The van der Waals surface area contributed by atoms with Crippen molar-refractivity contribution in [3.8, 4) is 0 Å². The molecule has 3 aromatic rings. The lowest BCUT2D eigenvalue weighted by molar-refractivity contribution is 0.0962. The van der Waals surface area contributed by atoms with Gasteiger partial charge in [-0.25, -0.2) is 9.97 Å². The second-order valence-electron chi connectivity index (χ2n) is 6.61. The number of hydrazine groups is 1. The molecule has 156 valence electrons. The molecular formula is C21H22Cl2N6O. The molecule has 5 N–H and O–H groups in total. The van der Waals surface area contributed by atoms with Crippen molar-refractivity contribution in [2.45, 2.75) is 26.2 Å². The summed E-state index contributed by atoms with van der Waals surface area (Å²) in [6, 6.07) is 12.7. The van der Waals surface area contributed by atoms with Crippen molar-refractivity contribution >= 4 is 52.1 Å². The fraction of sp³-hybridized carbons (Fsp3) is 0.190. The maximum absolute atomic E-state index is 12.3. The Morgan fingerprint density at radius 1 is 1.07 bits per heavy atom. The van der Waals surface area contributed by atoms with Gasteiger partial charge in [-0.2, -0.15) is 0 Å². The molecule has 0 radical (unpaired) electrons. The summed E-state index contributed by atoms with van der Waals surface area (Å²) in [5.74, 6) is 0.227. The highest BCUT2D eigenvalue weighted by atomic mass is 35.5. The summed E-state index contributed by atoms with van der Waals surface area (Å²) in [6.45, 7) is 2.17. The number of unbranched alkanes of at least 4 members (excludes halogenated alkanes) is 1. The number of hydrogen-bond donors (Lipinski definition) is 4. The number of nitrogens with zero attached hydrogens (tertiary/aromatic N) is 2. The molecule has 0 spiro atoms. The minimum absolute atomic E-state index is 0.238. The van der Waals surface area contributed by atoms with Crippen LogP contribution in [0.15, 0.2) is 48.8 Å². The molecule has 9 heteroatoms. The number of rotatable bonds is 8. The number of anilines is 4. The number of halogens is 2. The molecule has 0 atom stereocenters. The number of aryl methyl sites for hydroxylation is 1. The van der Waals surface area contributed by atoms with Crippen molar-refractivity contribution in [3.05, 3.63) is 70.0 Å². The molecule has 7 nitrogen and oxygen atoms in total. The number of carbonyl (C=O) groups is 1. The molecule has 0 bridgehead atoms. The summed E-state index contributed by atoms with van der Waals surface area (Å²) in [4.78, 5) is 20.6. The number of nitrogens with two attached hydrogens (primary N) is 1. The summed E-state index contributed by atoms with van der Waals surface area (Å²) in [5, 5.41) is 3.85. The lowest BCUT2D eigenvalue weighted by Crippen LogP contribution is -2.30. The van der Waals surface area contributed by atoms with Gasteiger partial charge >= 0.3 is 0 Å². The first-order valence-corrected chi connectivity index (χ1v) is 10.2. The predicted octanol–water partition coefficient (Wildman–Crippen LogP) is 5.21. The molecule has 0 aliphatic rings. The van der Waals surface area contributed by atoms with E-state index < -0.39 is 5.91 Å². The van der Waals surface area contributed by atoms with E-state index >= 15 is 0 Å². The highest BCUT2D eigenvalue weighted by Crippen LogP contribution is 2.26. The quantitative estimate of drug-likeness (QED) is 0.355. The number of hydrogen-bond acceptors (Lipinski definition) is 6. The van der Waals surface area contributed by atoms with Crippen molar-refractivity contribution in [1.29, 1.82) is 0 Å². The first kappa shape index (κ1) is 21.7. The smallest absolute Gasteiger partial charge is 0.271 e. The van der Waals surface area contributed by atoms with E-state index in [1.807, 2.05) is 12.1 Å². The molecule has 30 heavy (non-hydrogen) atoms. The summed E-state index contributed by atoms with van der Waals surface area (Å²) in [6.07, 6.45) is 4.72. The van der Waals surface area contributed by atoms with Crippen LogP contribution in [0.4, 0.5) is 23.0 Å². The summed E-state index contributed by atoms with van der Waals surface area (Å²) in [5.41, 5.74) is 14.0. The number of benzene rings is 2. The van der Waals surface area contributed by atoms with Crippen molar-refractivity contribution in [1.82, 2.24) is 15.4 Å². The van der Waals surface area contributed by atoms with Gasteiger partial charge < -0.3 is 11.1 Å². The Hall–Kier alpha value is -3.03. The van der Waals surface area contributed by atoms with E-state index in [0.29, 0.717) is 10.8 Å². The van der Waals surface area contributed by atoms with Crippen LogP contribution in [-0.4, -0.2) is 15.9 Å². The molecule has 1 heterocycles. The maximum Gasteiger partial charge on any atom is 0.271 e. The van der Waals surface area contributed by atoms with Gasteiger partial charge in [-0.1, -0.05) is 48.7 Å². The van der Waals surface area contributed by atoms with Gasteiger partial charge in [0.05, 0.1) is 10.6 Å². The zero-order chi connectivity index (χ0) is 21.5. The number of aromatic nitrogens is 2. The molecule has 1 amide bonds. The first-order chi connectivity index (χ1) is 14.5. The third kappa shape index (κ3) is 5.52. The molecule has 0 fully saturated rings. The van der Waals surface area contributed by atoms with Gasteiger partial charge in [-0.3, -0.25) is 15.6 Å². The zero-order valence-corrected chi connectivity index (χ0v) is 17.9. The average molecular weight is 445 g/mol. The van der Waals surface area contributed by atoms with Gasteiger partial charge in [0.1, 0.15) is 12.0 Å². The van der Waals surface area contributed by atoms with Gasteiger partial charge in [0.2, 0.25) is 0 Å². The SMILES string of the molecule is CCCCc1ccc(Nc2ncnc(NNC(=O)c3ccc(Cl)cc3Cl)c2N)cc1. The van der Waals surface area contributed by atoms with Crippen LogP contribution in [-0.2, 0) is 6.42 Å². The van der Waals surface area contributed by atoms with Crippen LogP contribution in [0.1, 0.15) is 35.7 Å². The molecule has 0 saturated heterocycles. The first-order valence-electron chi connectivity index (χ1n) is 9.45. The van der Waals surface area contributed by atoms with Gasteiger partial charge in [0.15, 0.2) is 11.6 Å². The van der Waals surface area contributed by atoms with Crippen LogP contribution in [0, 0.1) is 0 Å². The average Bonchev–Trinajstić information content (AvgIpc) is 2.73. The van der Waals surface area contributed by atoms with Crippen molar-refractivity contribution < 1.29 is 4.79 Å². The van der Waals surface area contributed by atoms with Crippen LogP contribution in [0.3, 0.4) is 0 Å². The Labute approximate surface area is 185 Å². The Kier molecular flexibility index (Phi) is 7.32. The monoisotopic (exact) mass is 444 g/mol. The van der Waals surface area contributed by atoms with Gasteiger partial charge in [0.25, 0.3) is 5.91 Å². The van der Waals surface area contributed by atoms with Crippen molar-refractivity contribution in [2.75, 3.05) is 16.5 Å². The lowest BCUT2D eigenvalue weighted by Gasteiger charge is -2.14. The highest BCUT2D eigenvalue weighted by Gasteiger charge is 2.13. The van der Waals surface area contributed by atoms with Gasteiger partial charge in [0, 0.05) is 10.7 Å². The number of nitrogens with one attached hydrogen (secondary N) is 3.